The van der Waals surface area contributed by atoms with Crippen LogP contribution in [0.4, 0.5) is 0 Å². The number of hydrogen-bond acceptors (Lipinski definition) is 6. The Hall–Kier alpha value is -6.43. The second kappa shape index (κ2) is 20.8. The number of pyridine rings is 2. The van der Waals surface area contributed by atoms with Crippen molar-refractivity contribution in [1.82, 2.24) is 48.6 Å². The molecule has 0 bridgehead atoms. The molecule has 0 saturated carbocycles. The van der Waals surface area contributed by atoms with Gasteiger partial charge < -0.3 is 18.7 Å². The molecule has 0 atom stereocenters. The van der Waals surface area contributed by atoms with Gasteiger partial charge in [0.05, 0.1) is 44.1 Å². The number of aryl methyl sites for hydroxylation is 3. The van der Waals surface area contributed by atoms with E-state index in [0.29, 0.717) is 0 Å². The summed E-state index contributed by atoms with van der Waals surface area (Å²) < 4.78 is 6.97. The van der Waals surface area contributed by atoms with E-state index >= 15 is 0 Å². The topological polar surface area (TPSA) is 108 Å². The molecule has 11 heteroatoms. The molecule has 0 fully saturated rings. The van der Waals surface area contributed by atoms with Gasteiger partial charge in [-0.2, -0.15) is 0 Å². The first-order valence-corrected chi connectivity index (χ1v) is 22.9. The van der Waals surface area contributed by atoms with Gasteiger partial charge in [0.1, 0.15) is 22.8 Å². The van der Waals surface area contributed by atoms with Gasteiger partial charge in [-0.05, 0) is 92.1 Å². The molecule has 10 aromatic rings. The van der Waals surface area contributed by atoms with Crippen molar-refractivity contribution in [3.63, 3.8) is 0 Å². The zero-order valence-electron chi connectivity index (χ0n) is 37.0. The second-order valence-electron chi connectivity index (χ2n) is 16.3. The zero-order valence-corrected chi connectivity index (χ0v) is 38.1. The van der Waals surface area contributed by atoms with Crippen LogP contribution in [0.1, 0.15) is 78.6 Å². The van der Waals surface area contributed by atoms with Gasteiger partial charge in [0.25, 0.3) is 0 Å². The van der Waals surface area contributed by atoms with Crippen molar-refractivity contribution in [2.45, 2.75) is 98.2 Å². The molecular weight excluding hydrogens is 836 g/mol. The van der Waals surface area contributed by atoms with E-state index < -0.39 is 0 Å². The third kappa shape index (κ3) is 9.41. The summed E-state index contributed by atoms with van der Waals surface area (Å²) in [4.78, 5) is 33.0. The Morgan fingerprint density at radius 2 is 0.719 bits per heavy atom. The quantitative estimate of drug-likeness (QED) is 0.0968. The smallest absolute Gasteiger partial charge is 0.337 e. The Bertz CT molecular complexity index is 2960. The number of hydrogen-bond donors (Lipinski definition) is 1. The van der Waals surface area contributed by atoms with Gasteiger partial charge in [-0.1, -0.05) is 120 Å². The van der Waals surface area contributed by atoms with E-state index in [1.807, 2.05) is 48.5 Å². The summed E-state index contributed by atoms with van der Waals surface area (Å²) in [5.41, 5.74) is 12.0. The normalized spacial score (nSPS) is 11.4. The van der Waals surface area contributed by atoms with E-state index in [9.17, 15) is 0 Å². The number of nitrogens with zero attached hydrogens (tertiary/aromatic N) is 9. The molecule has 0 saturated heterocycles. The van der Waals surface area contributed by atoms with Crippen LogP contribution >= 0.6 is 0 Å². The third-order valence-electron chi connectivity index (χ3n) is 11.7. The van der Waals surface area contributed by atoms with Crippen LogP contribution in [-0.4, -0.2) is 48.6 Å². The van der Waals surface area contributed by atoms with Crippen molar-refractivity contribution < 1.29 is 16.8 Å². The molecule has 0 unspecified atom stereocenters. The van der Waals surface area contributed by atoms with Crippen LogP contribution in [0.25, 0.3) is 90.2 Å². The van der Waals surface area contributed by atoms with Crippen LogP contribution in [0.15, 0.2) is 133 Å². The number of fused-ring (bicyclic) bond motifs is 4. The van der Waals surface area contributed by atoms with E-state index in [4.69, 9.17) is 29.9 Å². The van der Waals surface area contributed by atoms with Crippen LogP contribution < -0.4 is 0 Å². The summed E-state index contributed by atoms with van der Waals surface area (Å²) in [5, 5.41) is 0. The number of para-hydroxylation sites is 8. The summed E-state index contributed by atoms with van der Waals surface area (Å²) >= 11 is 0. The van der Waals surface area contributed by atoms with E-state index in [1.54, 1.807) is 0 Å². The fourth-order valence-electron chi connectivity index (χ4n) is 8.50. The first kappa shape index (κ1) is 44.2. The Morgan fingerprint density at radius 3 is 1.12 bits per heavy atom. The summed E-state index contributed by atoms with van der Waals surface area (Å²) in [6.07, 6.45) is 10.6. The molecule has 0 amide bonds. The van der Waals surface area contributed by atoms with E-state index in [1.165, 1.54) is 49.6 Å². The first-order chi connectivity index (χ1) is 31.1. The summed E-state index contributed by atoms with van der Waals surface area (Å²) in [5.74, 6) is 3.57. The zero-order chi connectivity index (χ0) is 43.0. The van der Waals surface area contributed by atoms with Gasteiger partial charge in [-0.3, -0.25) is 0 Å². The van der Waals surface area contributed by atoms with E-state index in [-0.39, 0.29) is 16.8 Å². The van der Waals surface area contributed by atoms with Crippen LogP contribution in [0.5, 0.6) is 0 Å². The largest absolute Gasteiger partial charge is 2.00 e. The molecule has 6 aromatic heterocycles. The van der Waals surface area contributed by atoms with Crippen LogP contribution in [-0.2, 0) is 36.4 Å². The van der Waals surface area contributed by atoms with Crippen molar-refractivity contribution in [3.05, 3.63) is 133 Å². The number of aromatic nitrogens is 10. The van der Waals surface area contributed by atoms with Gasteiger partial charge in [0.2, 0.25) is 0 Å². The summed E-state index contributed by atoms with van der Waals surface area (Å²) in [6, 6.07) is 45.4. The van der Waals surface area contributed by atoms with Gasteiger partial charge in [0.15, 0.2) is 23.3 Å². The third-order valence-corrected chi connectivity index (χ3v) is 11.7. The Kier molecular flexibility index (Phi) is 14.4. The number of unbranched alkanes of at least 4 members (excludes halogenated alkanes) is 6. The first-order valence-electron chi connectivity index (χ1n) is 22.9. The fourth-order valence-corrected chi connectivity index (χ4v) is 8.50. The number of H-pyrrole nitrogens is 1. The molecule has 0 aliphatic rings. The van der Waals surface area contributed by atoms with Crippen molar-refractivity contribution in [3.8, 4) is 46.1 Å². The van der Waals surface area contributed by atoms with Crippen LogP contribution in [0, 0.1) is 0 Å². The molecule has 10 rings (SSSR count). The minimum absolute atomic E-state index is 0. The molecule has 4 aromatic carbocycles. The number of rotatable bonds is 16. The fraction of sp³-hybridized carbons (Fsp3) is 0.283. The van der Waals surface area contributed by atoms with Crippen LogP contribution in [0.3, 0.4) is 0 Å². The van der Waals surface area contributed by atoms with Gasteiger partial charge in [-0.25, -0.2) is 29.9 Å². The van der Waals surface area contributed by atoms with Gasteiger partial charge in [0, 0.05) is 19.6 Å². The molecular formula is C53H56CoN10+2. The average molecular weight is 892 g/mol. The minimum atomic E-state index is 0. The Morgan fingerprint density at radius 1 is 0.359 bits per heavy atom. The maximum Gasteiger partial charge on any atom is 2.00 e. The van der Waals surface area contributed by atoms with Gasteiger partial charge >= 0.3 is 16.8 Å². The monoisotopic (exact) mass is 891 g/mol. The molecule has 0 spiro atoms. The number of aromatic amines is 1. The van der Waals surface area contributed by atoms with Crippen LogP contribution in [0.2, 0.25) is 0 Å². The summed E-state index contributed by atoms with van der Waals surface area (Å²) in [6.45, 7) is 9.55. The average Bonchev–Trinajstić information content (AvgIpc) is 4.12. The predicted molar refractivity (Wildman–Crippen MR) is 258 cm³/mol. The van der Waals surface area contributed by atoms with Crippen molar-refractivity contribution in [2.75, 3.05) is 0 Å². The second-order valence-corrected chi connectivity index (χ2v) is 16.3. The van der Waals surface area contributed by atoms with Gasteiger partial charge in [-0.15, -0.1) is 0 Å². The molecule has 0 aliphatic heterocycles. The maximum atomic E-state index is 5.11. The van der Waals surface area contributed by atoms with E-state index in [2.05, 4.69) is 124 Å². The predicted octanol–water partition coefficient (Wildman–Crippen LogP) is 13.3. The number of benzene rings is 4. The minimum Gasteiger partial charge on any atom is -0.337 e. The summed E-state index contributed by atoms with van der Waals surface area (Å²) in [7, 11) is 0. The van der Waals surface area contributed by atoms with Crippen molar-refractivity contribution in [1.29, 1.82) is 0 Å². The SMILES string of the molecule is CCCCCn1c(-c2cccc(-c3nc4ccccc4[nH]3)n2)nc2ccccc21.CCCCCn1c(-c2cccc(-c3nc4ccccc4n3CCCCC)n2)nc2ccccc21.[Co+2]. The molecule has 1 N–H and O–H groups in total. The number of imidazole rings is 4. The Balaban J connectivity index is 0.000000174. The number of nitrogens with one attached hydrogen (secondary N) is 1. The molecule has 6 heterocycles. The molecule has 10 nitrogen and oxygen atoms in total. The molecule has 1 radical (unpaired) electrons. The molecule has 325 valence electrons. The van der Waals surface area contributed by atoms with Crippen molar-refractivity contribution >= 4 is 44.1 Å². The van der Waals surface area contributed by atoms with E-state index in [0.717, 1.165) is 118 Å². The molecule has 64 heavy (non-hydrogen) atoms. The molecule has 0 aliphatic carbocycles. The standard InChI is InChI=1S/C29H33N5.C24H23N5.Co/c1-3-5-11-20-33-26-18-9-7-14-22(26)31-28(33)24-16-13-17-25(30-24)29-32-23-15-8-10-19-27(23)34(29)21-12-6-4-2;1-2-3-8-16-29-22-15-7-6-12-19(22)28-24(29)21-14-9-13-20(25-21)23-26-17-10-4-5-11-18(17)27-23;/h7-10,13-19H,3-6,11-12,20-21H2,1-2H3;4-7,9-15H,2-3,8,16H2,1H3,(H,26,27);/q;;+2. The van der Waals surface area contributed by atoms with Crippen molar-refractivity contribution in [2.24, 2.45) is 0 Å². The maximum absolute atomic E-state index is 5.11. The Labute approximate surface area is 385 Å².